The summed E-state index contributed by atoms with van der Waals surface area (Å²) < 4.78 is 0. The molecular formula is C22H22N2O2. The lowest BCUT2D eigenvalue weighted by Gasteiger charge is -2.39. The number of benzene rings is 2. The molecule has 4 heteroatoms. The predicted octanol–water partition coefficient (Wildman–Crippen LogP) is 2.89. The highest BCUT2D eigenvalue weighted by molar-refractivity contribution is 5.82. The minimum Gasteiger partial charge on any atom is -0.368 e. The van der Waals surface area contributed by atoms with E-state index in [1.807, 2.05) is 30.3 Å². The van der Waals surface area contributed by atoms with Crippen LogP contribution in [0.3, 0.4) is 0 Å². The summed E-state index contributed by atoms with van der Waals surface area (Å²) >= 11 is 0. The van der Waals surface area contributed by atoms with Crippen LogP contribution in [0.4, 0.5) is 11.4 Å². The molecule has 0 bridgehead atoms. The zero-order chi connectivity index (χ0) is 18.3. The number of anilines is 2. The van der Waals surface area contributed by atoms with Gasteiger partial charge in [0.25, 0.3) is 0 Å². The van der Waals surface area contributed by atoms with E-state index >= 15 is 0 Å². The zero-order valence-corrected chi connectivity index (χ0v) is 15.2. The van der Waals surface area contributed by atoms with E-state index < -0.39 is 0 Å². The molecule has 0 amide bonds. The molecule has 3 aromatic rings. The first-order chi connectivity index (χ1) is 12.6. The molecule has 0 N–H and O–H groups in total. The van der Waals surface area contributed by atoms with Crippen LogP contribution in [0, 0.1) is 13.8 Å². The van der Waals surface area contributed by atoms with Gasteiger partial charge >= 0.3 is 0 Å². The quantitative estimate of drug-likeness (QED) is 0.684. The van der Waals surface area contributed by atoms with Gasteiger partial charge < -0.3 is 9.80 Å². The van der Waals surface area contributed by atoms with Gasteiger partial charge in [-0.05, 0) is 36.6 Å². The summed E-state index contributed by atoms with van der Waals surface area (Å²) in [4.78, 5) is 28.8. The molecule has 1 heterocycles. The average molecular weight is 346 g/mol. The maximum Gasteiger partial charge on any atom is 0.250 e. The Hall–Kier alpha value is -2.88. The van der Waals surface area contributed by atoms with Crippen LogP contribution in [0.2, 0.25) is 0 Å². The van der Waals surface area contributed by atoms with E-state index in [4.69, 9.17) is 0 Å². The lowest BCUT2D eigenvalue weighted by atomic mass is 9.97. The van der Waals surface area contributed by atoms with E-state index in [0.29, 0.717) is 11.3 Å². The van der Waals surface area contributed by atoms with Crippen molar-refractivity contribution in [3.63, 3.8) is 0 Å². The van der Waals surface area contributed by atoms with Crippen LogP contribution in [0.5, 0.6) is 0 Å². The lowest BCUT2D eigenvalue weighted by Crippen LogP contribution is -2.51. The van der Waals surface area contributed by atoms with Crippen molar-refractivity contribution >= 4 is 11.4 Å². The van der Waals surface area contributed by atoms with Crippen LogP contribution < -0.4 is 20.7 Å². The number of aryl methyl sites for hydroxylation is 2. The van der Waals surface area contributed by atoms with Gasteiger partial charge in [0.2, 0.25) is 10.9 Å². The highest BCUT2D eigenvalue weighted by atomic mass is 16.2. The summed E-state index contributed by atoms with van der Waals surface area (Å²) in [6.45, 7) is 7.42. The van der Waals surface area contributed by atoms with Gasteiger partial charge in [-0.2, -0.15) is 0 Å². The highest BCUT2D eigenvalue weighted by Gasteiger charge is 2.29. The Morgan fingerprint density at radius 3 is 2.12 bits per heavy atom. The number of nitrogens with zero attached hydrogens (tertiary/aromatic N) is 2. The molecule has 1 aliphatic heterocycles. The van der Waals surface area contributed by atoms with E-state index in [9.17, 15) is 9.59 Å². The van der Waals surface area contributed by atoms with Crippen molar-refractivity contribution in [2.45, 2.75) is 13.8 Å². The minimum atomic E-state index is -0.358. The molecule has 0 radical (unpaired) electrons. The molecule has 4 nitrogen and oxygen atoms in total. The van der Waals surface area contributed by atoms with Gasteiger partial charge in [0, 0.05) is 31.9 Å². The summed E-state index contributed by atoms with van der Waals surface area (Å²) in [6.07, 6.45) is 0. The van der Waals surface area contributed by atoms with Crippen LogP contribution in [0.1, 0.15) is 11.1 Å². The summed E-state index contributed by atoms with van der Waals surface area (Å²) in [7, 11) is 0. The van der Waals surface area contributed by atoms with E-state index in [-0.39, 0.29) is 10.9 Å². The number of piperazine rings is 1. The van der Waals surface area contributed by atoms with Gasteiger partial charge in [0.15, 0.2) is 0 Å². The SMILES string of the molecule is Cc1ccc(C)c(N2CCN(c3c(-c4ccccc4)c(=O)c3=O)CC2)c1. The van der Waals surface area contributed by atoms with Crippen molar-refractivity contribution in [3.05, 3.63) is 80.1 Å². The van der Waals surface area contributed by atoms with Gasteiger partial charge in [-0.1, -0.05) is 42.5 Å². The zero-order valence-electron chi connectivity index (χ0n) is 15.2. The molecule has 0 spiro atoms. The van der Waals surface area contributed by atoms with E-state index in [2.05, 4.69) is 41.8 Å². The second kappa shape index (κ2) is 6.45. The maximum atomic E-state index is 12.2. The minimum absolute atomic E-state index is 0.343. The molecule has 1 aliphatic rings. The molecule has 0 aromatic heterocycles. The number of hydrogen-bond acceptors (Lipinski definition) is 4. The molecule has 4 rings (SSSR count). The highest BCUT2D eigenvalue weighted by Crippen LogP contribution is 2.29. The largest absolute Gasteiger partial charge is 0.368 e. The summed E-state index contributed by atoms with van der Waals surface area (Å²) in [6, 6.07) is 16.0. The molecule has 0 atom stereocenters. The van der Waals surface area contributed by atoms with Crippen LogP contribution >= 0.6 is 0 Å². The maximum absolute atomic E-state index is 12.2. The molecular weight excluding hydrogens is 324 g/mol. The first-order valence-corrected chi connectivity index (χ1v) is 9.02. The summed E-state index contributed by atoms with van der Waals surface area (Å²) in [5, 5.41) is 0. The third-order valence-electron chi connectivity index (χ3n) is 5.25. The first-order valence-electron chi connectivity index (χ1n) is 9.02. The van der Waals surface area contributed by atoms with Crippen LogP contribution in [-0.4, -0.2) is 26.2 Å². The Balaban J connectivity index is 1.57. The Kier molecular flexibility index (Phi) is 4.11. The normalized spacial score (nSPS) is 14.8. The second-order valence-electron chi connectivity index (χ2n) is 7.01. The predicted molar refractivity (Wildman–Crippen MR) is 107 cm³/mol. The molecule has 1 fully saturated rings. The van der Waals surface area contributed by atoms with E-state index in [0.717, 1.165) is 31.7 Å². The van der Waals surface area contributed by atoms with Crippen molar-refractivity contribution < 1.29 is 0 Å². The fourth-order valence-corrected chi connectivity index (χ4v) is 3.79. The van der Waals surface area contributed by atoms with Gasteiger partial charge in [-0.25, -0.2) is 0 Å². The van der Waals surface area contributed by atoms with Crippen molar-refractivity contribution in [1.82, 2.24) is 0 Å². The Labute approximate surface area is 153 Å². The lowest BCUT2D eigenvalue weighted by molar-refractivity contribution is 0.649. The smallest absolute Gasteiger partial charge is 0.250 e. The number of hydrogen-bond donors (Lipinski definition) is 0. The Bertz CT molecular complexity index is 1010. The third-order valence-corrected chi connectivity index (χ3v) is 5.25. The number of rotatable bonds is 3. The van der Waals surface area contributed by atoms with Gasteiger partial charge in [-0.15, -0.1) is 0 Å². The molecule has 3 aromatic carbocycles. The van der Waals surface area contributed by atoms with E-state index in [1.165, 1.54) is 16.8 Å². The third kappa shape index (κ3) is 2.71. The molecule has 1 saturated heterocycles. The molecule has 26 heavy (non-hydrogen) atoms. The standard InChI is InChI=1S/C22H22N2O2/c1-15-8-9-16(2)18(14-15)23-10-12-24(13-11-23)20-19(21(25)22(20)26)17-6-4-3-5-7-17/h3-9,14H,10-13H2,1-2H3. The summed E-state index contributed by atoms with van der Waals surface area (Å²) in [5.74, 6) is 0. The van der Waals surface area contributed by atoms with E-state index in [1.54, 1.807) is 0 Å². The summed E-state index contributed by atoms with van der Waals surface area (Å²) in [5.41, 5.74) is 5.09. The van der Waals surface area contributed by atoms with Crippen LogP contribution in [0.15, 0.2) is 58.1 Å². The fraction of sp³-hybridized carbons (Fsp3) is 0.273. The molecule has 0 unspecified atom stereocenters. The second-order valence-corrected chi connectivity index (χ2v) is 7.01. The van der Waals surface area contributed by atoms with Gasteiger partial charge in [0.1, 0.15) is 5.69 Å². The van der Waals surface area contributed by atoms with Crippen LogP contribution in [0.25, 0.3) is 11.1 Å². The molecule has 0 aliphatic carbocycles. The monoisotopic (exact) mass is 346 g/mol. The van der Waals surface area contributed by atoms with Crippen molar-refractivity contribution in [3.8, 4) is 11.1 Å². The Morgan fingerprint density at radius 1 is 0.769 bits per heavy atom. The molecule has 132 valence electrons. The Morgan fingerprint density at radius 2 is 1.42 bits per heavy atom. The van der Waals surface area contributed by atoms with Crippen molar-refractivity contribution in [1.29, 1.82) is 0 Å². The van der Waals surface area contributed by atoms with Gasteiger partial charge in [-0.3, -0.25) is 9.59 Å². The fourth-order valence-electron chi connectivity index (χ4n) is 3.79. The van der Waals surface area contributed by atoms with Gasteiger partial charge in [0.05, 0.1) is 5.56 Å². The van der Waals surface area contributed by atoms with Crippen molar-refractivity contribution in [2.75, 3.05) is 36.0 Å². The first kappa shape index (κ1) is 16.6. The molecule has 0 saturated carbocycles. The van der Waals surface area contributed by atoms with Crippen molar-refractivity contribution in [2.24, 2.45) is 0 Å². The van der Waals surface area contributed by atoms with Crippen LogP contribution in [-0.2, 0) is 0 Å². The average Bonchev–Trinajstić information content (AvgIpc) is 2.68. The topological polar surface area (TPSA) is 40.6 Å².